The smallest absolute Gasteiger partial charge is 0.230 e. The van der Waals surface area contributed by atoms with E-state index >= 15 is 0 Å². The molecule has 0 bridgehead atoms. The molecule has 8 nitrogen and oxygen atoms in total. The van der Waals surface area contributed by atoms with Crippen LogP contribution in [-0.4, -0.2) is 34.2 Å². The van der Waals surface area contributed by atoms with E-state index in [0.717, 1.165) is 10.9 Å². The van der Waals surface area contributed by atoms with Crippen molar-refractivity contribution in [3.8, 4) is 11.5 Å². The summed E-state index contributed by atoms with van der Waals surface area (Å²) in [5.41, 5.74) is 1.85. The Hall–Kier alpha value is -3.94. The first-order valence-corrected chi connectivity index (χ1v) is 9.01. The maximum atomic E-state index is 5.45. The molecule has 4 rings (SSSR count). The minimum Gasteiger partial charge on any atom is -0.493 e. The number of benzene rings is 2. The van der Waals surface area contributed by atoms with Gasteiger partial charge in [0.15, 0.2) is 17.3 Å². The lowest BCUT2D eigenvalue weighted by atomic mass is 10.2. The molecule has 0 amide bonds. The molecule has 8 heteroatoms. The molecule has 4 aromatic rings. The molecule has 0 aliphatic heterocycles. The fourth-order valence-electron chi connectivity index (χ4n) is 2.91. The molecule has 2 N–H and O–H groups in total. The lowest BCUT2D eigenvalue weighted by Gasteiger charge is -2.14. The Kier molecular flexibility index (Phi) is 5.33. The van der Waals surface area contributed by atoms with Crippen LogP contribution in [0.15, 0.2) is 61.1 Å². The first-order chi connectivity index (χ1) is 14.3. The van der Waals surface area contributed by atoms with Crippen molar-refractivity contribution < 1.29 is 9.47 Å². The van der Waals surface area contributed by atoms with Gasteiger partial charge in [-0.05, 0) is 11.6 Å². The molecule has 2 heterocycles. The van der Waals surface area contributed by atoms with E-state index < -0.39 is 0 Å². The lowest BCUT2D eigenvalue weighted by Crippen LogP contribution is -2.06. The molecule has 0 atom stereocenters. The van der Waals surface area contributed by atoms with E-state index in [4.69, 9.17) is 9.47 Å². The second-order valence-corrected chi connectivity index (χ2v) is 6.17. The number of nitrogens with zero attached hydrogens (tertiary/aromatic N) is 4. The van der Waals surface area contributed by atoms with Crippen LogP contribution in [0, 0.1) is 0 Å². The number of fused-ring (bicyclic) bond motifs is 1. The zero-order valence-electron chi connectivity index (χ0n) is 16.1. The predicted octanol–water partition coefficient (Wildman–Crippen LogP) is 3.79. The second-order valence-electron chi connectivity index (χ2n) is 6.17. The molecule has 146 valence electrons. The van der Waals surface area contributed by atoms with Gasteiger partial charge in [0, 0.05) is 30.4 Å². The highest BCUT2D eigenvalue weighted by Crippen LogP contribution is 2.35. The Morgan fingerprint density at radius 2 is 1.72 bits per heavy atom. The third-order valence-electron chi connectivity index (χ3n) is 4.31. The van der Waals surface area contributed by atoms with Gasteiger partial charge in [-0.3, -0.25) is 4.98 Å². The number of hydrogen-bond acceptors (Lipinski definition) is 8. The lowest BCUT2D eigenvalue weighted by molar-refractivity contribution is 0.356. The number of anilines is 3. The van der Waals surface area contributed by atoms with Gasteiger partial charge in [-0.25, -0.2) is 9.97 Å². The molecule has 2 aromatic carbocycles. The number of ether oxygens (including phenoxy) is 2. The van der Waals surface area contributed by atoms with Crippen molar-refractivity contribution in [1.29, 1.82) is 0 Å². The van der Waals surface area contributed by atoms with Gasteiger partial charge in [-0.15, -0.1) is 0 Å². The van der Waals surface area contributed by atoms with Crippen molar-refractivity contribution >= 4 is 28.5 Å². The topological polar surface area (TPSA) is 94.1 Å². The first-order valence-electron chi connectivity index (χ1n) is 9.01. The summed E-state index contributed by atoms with van der Waals surface area (Å²) in [5, 5.41) is 7.31. The van der Waals surface area contributed by atoms with Gasteiger partial charge in [0.25, 0.3) is 0 Å². The quantitative estimate of drug-likeness (QED) is 0.494. The van der Waals surface area contributed by atoms with Gasteiger partial charge in [-0.2, -0.15) is 4.98 Å². The third kappa shape index (κ3) is 4.16. The largest absolute Gasteiger partial charge is 0.493 e. The first kappa shape index (κ1) is 18.4. The van der Waals surface area contributed by atoms with Crippen molar-refractivity contribution in [1.82, 2.24) is 19.9 Å². The standard InChI is InChI=1S/C21H20N6O2/c1-28-17-10-15-16(11-18(17)29-2)25-21(26-19-13-22-8-9-23-19)27-20(15)24-12-14-6-4-3-5-7-14/h3-11,13H,12H2,1-2H3,(H2,23,24,25,26,27). The fourth-order valence-corrected chi connectivity index (χ4v) is 2.91. The highest BCUT2D eigenvalue weighted by molar-refractivity contribution is 5.93. The highest BCUT2D eigenvalue weighted by Gasteiger charge is 2.14. The Morgan fingerprint density at radius 3 is 2.45 bits per heavy atom. The van der Waals surface area contributed by atoms with Crippen molar-refractivity contribution in [3.63, 3.8) is 0 Å². The van der Waals surface area contributed by atoms with Gasteiger partial charge in [0.1, 0.15) is 5.82 Å². The number of nitrogens with one attached hydrogen (secondary N) is 2. The van der Waals surface area contributed by atoms with Crippen LogP contribution in [0.25, 0.3) is 10.9 Å². The van der Waals surface area contributed by atoms with Crippen molar-refractivity contribution in [2.75, 3.05) is 24.9 Å². The van der Waals surface area contributed by atoms with Crippen LogP contribution in [0.2, 0.25) is 0 Å². The predicted molar refractivity (Wildman–Crippen MR) is 112 cm³/mol. The van der Waals surface area contributed by atoms with Crippen LogP contribution in [0.1, 0.15) is 5.56 Å². The normalized spacial score (nSPS) is 10.6. The molecule has 0 fully saturated rings. The van der Waals surface area contributed by atoms with Gasteiger partial charge in [0.05, 0.1) is 25.9 Å². The molecular weight excluding hydrogens is 368 g/mol. The van der Waals surface area contributed by atoms with Crippen LogP contribution in [0.3, 0.4) is 0 Å². The van der Waals surface area contributed by atoms with Crippen LogP contribution in [0.5, 0.6) is 11.5 Å². The molecule has 0 saturated heterocycles. The van der Waals surface area contributed by atoms with Gasteiger partial charge < -0.3 is 20.1 Å². The number of aromatic nitrogens is 4. The maximum absolute atomic E-state index is 5.45. The summed E-state index contributed by atoms with van der Waals surface area (Å²) in [5.74, 6) is 2.84. The van der Waals surface area contributed by atoms with E-state index in [1.54, 1.807) is 32.8 Å². The van der Waals surface area contributed by atoms with Crippen LogP contribution >= 0.6 is 0 Å². The SMILES string of the molecule is COc1cc2nc(Nc3cnccn3)nc(NCc3ccccc3)c2cc1OC. The number of methoxy groups -OCH3 is 2. The second kappa shape index (κ2) is 8.39. The van der Waals surface area contributed by atoms with Gasteiger partial charge in [-0.1, -0.05) is 30.3 Å². The zero-order chi connectivity index (χ0) is 20.1. The number of hydrogen-bond donors (Lipinski definition) is 2. The van der Waals surface area contributed by atoms with Crippen LogP contribution in [-0.2, 0) is 6.54 Å². The molecule has 0 unspecified atom stereocenters. The number of rotatable bonds is 7. The summed E-state index contributed by atoms with van der Waals surface area (Å²) in [6, 6.07) is 13.8. The summed E-state index contributed by atoms with van der Waals surface area (Å²) in [6.07, 6.45) is 4.82. The molecule has 0 radical (unpaired) electrons. The van der Waals surface area contributed by atoms with Gasteiger partial charge in [0.2, 0.25) is 5.95 Å². The summed E-state index contributed by atoms with van der Waals surface area (Å²) in [4.78, 5) is 17.5. The molecule has 2 aromatic heterocycles. The van der Waals surface area contributed by atoms with E-state index in [9.17, 15) is 0 Å². The summed E-state index contributed by atoms with van der Waals surface area (Å²) in [7, 11) is 3.20. The van der Waals surface area contributed by atoms with Crippen LogP contribution < -0.4 is 20.1 Å². The monoisotopic (exact) mass is 388 g/mol. The maximum Gasteiger partial charge on any atom is 0.230 e. The summed E-state index contributed by atoms with van der Waals surface area (Å²) in [6.45, 7) is 0.617. The molecule has 0 spiro atoms. The average Bonchev–Trinajstić information content (AvgIpc) is 2.78. The van der Waals surface area contributed by atoms with E-state index in [0.29, 0.717) is 41.1 Å². The average molecular weight is 388 g/mol. The molecule has 29 heavy (non-hydrogen) atoms. The Labute approximate surface area is 168 Å². The van der Waals surface area contributed by atoms with Gasteiger partial charge >= 0.3 is 0 Å². The molecule has 0 aliphatic carbocycles. The van der Waals surface area contributed by atoms with E-state index in [1.807, 2.05) is 30.3 Å². The molecule has 0 aliphatic rings. The third-order valence-corrected chi connectivity index (χ3v) is 4.31. The minimum absolute atomic E-state index is 0.404. The zero-order valence-corrected chi connectivity index (χ0v) is 16.1. The van der Waals surface area contributed by atoms with E-state index in [-0.39, 0.29) is 0 Å². The van der Waals surface area contributed by atoms with Crippen molar-refractivity contribution in [2.45, 2.75) is 6.54 Å². The Morgan fingerprint density at radius 1 is 0.931 bits per heavy atom. The van der Waals surface area contributed by atoms with Crippen molar-refractivity contribution in [2.24, 2.45) is 0 Å². The molecular formula is C21H20N6O2. The molecule has 0 saturated carbocycles. The summed E-state index contributed by atoms with van der Waals surface area (Å²) >= 11 is 0. The Balaban J connectivity index is 1.76. The minimum atomic E-state index is 0.404. The van der Waals surface area contributed by atoms with E-state index in [2.05, 4.69) is 42.7 Å². The van der Waals surface area contributed by atoms with E-state index in [1.165, 1.54) is 0 Å². The van der Waals surface area contributed by atoms with Crippen LogP contribution in [0.4, 0.5) is 17.6 Å². The Bertz CT molecular complexity index is 1110. The highest BCUT2D eigenvalue weighted by atomic mass is 16.5. The van der Waals surface area contributed by atoms with Crippen molar-refractivity contribution in [3.05, 3.63) is 66.6 Å². The fraction of sp³-hybridized carbons (Fsp3) is 0.143. The summed E-state index contributed by atoms with van der Waals surface area (Å²) < 4.78 is 10.9.